The maximum Gasteiger partial charge on any atom is 0.321 e. The largest absolute Gasteiger partial charge is 0.545 e. The zero-order chi connectivity index (χ0) is 12.4. The second-order valence-electron chi connectivity index (χ2n) is 3.51. The van der Waals surface area contributed by atoms with Crippen molar-refractivity contribution in [2.45, 2.75) is 5.92 Å². The summed E-state index contributed by atoms with van der Waals surface area (Å²) >= 11 is 0. The van der Waals surface area contributed by atoms with E-state index in [2.05, 4.69) is 15.6 Å². The van der Waals surface area contributed by atoms with Gasteiger partial charge in [-0.05, 0) is 12.1 Å². The second kappa shape index (κ2) is 4.20. The number of aromatic nitrogens is 1. The summed E-state index contributed by atoms with van der Waals surface area (Å²) < 4.78 is 0. The number of hydrogen-bond acceptors (Lipinski definition) is 5. The Bertz CT molecular complexity index is 500. The van der Waals surface area contributed by atoms with E-state index >= 15 is 0 Å². The molecule has 1 saturated heterocycles. The van der Waals surface area contributed by atoms with Crippen molar-refractivity contribution in [3.05, 3.63) is 29.6 Å². The molecule has 0 radical (unpaired) electrons. The summed E-state index contributed by atoms with van der Waals surface area (Å²) in [6, 6.07) is 1.97. The Morgan fingerprint density at radius 1 is 1.47 bits per heavy atom. The predicted octanol–water partition coefficient (Wildman–Crippen LogP) is -1.63. The van der Waals surface area contributed by atoms with Gasteiger partial charge in [0.2, 0.25) is 5.91 Å². The van der Waals surface area contributed by atoms with Gasteiger partial charge in [0.15, 0.2) is 0 Å². The standard InChI is InChI=1S/C10H9N3O4/c14-8-6(4-12-10(17)13-8)7-3-5(9(15)16)1-2-11-7/h1-3,6H,4H2,(H,15,16)(H2,12,13,14,17)/p-1/t6-/m1/s1. The number of carboxylic acids is 1. The highest BCUT2D eigenvalue weighted by Gasteiger charge is 2.28. The number of carboxylic acid groups (broad SMARTS) is 1. The third kappa shape index (κ3) is 2.22. The summed E-state index contributed by atoms with van der Waals surface area (Å²) in [5, 5.41) is 15.2. The van der Waals surface area contributed by atoms with Gasteiger partial charge >= 0.3 is 6.03 Å². The van der Waals surface area contributed by atoms with Gasteiger partial charge in [-0.15, -0.1) is 0 Å². The number of pyridine rings is 1. The lowest BCUT2D eigenvalue weighted by atomic mass is 10.0. The van der Waals surface area contributed by atoms with E-state index in [1.807, 2.05) is 0 Å². The van der Waals surface area contributed by atoms with Crippen LogP contribution in [0.2, 0.25) is 0 Å². The minimum absolute atomic E-state index is 0.0558. The van der Waals surface area contributed by atoms with Crippen LogP contribution in [0.5, 0.6) is 0 Å². The number of amides is 3. The van der Waals surface area contributed by atoms with E-state index in [0.29, 0.717) is 0 Å². The van der Waals surface area contributed by atoms with Gasteiger partial charge in [0.25, 0.3) is 0 Å². The normalized spacial score (nSPS) is 19.4. The molecular formula is C10H8N3O4-. The van der Waals surface area contributed by atoms with Gasteiger partial charge in [0.05, 0.1) is 17.6 Å². The molecule has 88 valence electrons. The Morgan fingerprint density at radius 2 is 2.24 bits per heavy atom. The third-order valence-corrected chi connectivity index (χ3v) is 2.39. The Morgan fingerprint density at radius 3 is 2.88 bits per heavy atom. The molecule has 2 heterocycles. The lowest BCUT2D eigenvalue weighted by Gasteiger charge is -2.21. The molecule has 0 aromatic carbocycles. The van der Waals surface area contributed by atoms with Crippen molar-refractivity contribution in [3.63, 3.8) is 0 Å². The smallest absolute Gasteiger partial charge is 0.321 e. The van der Waals surface area contributed by atoms with E-state index in [-0.39, 0.29) is 17.8 Å². The molecule has 0 bridgehead atoms. The molecule has 1 fully saturated rings. The maximum atomic E-state index is 11.5. The maximum absolute atomic E-state index is 11.5. The molecule has 7 nitrogen and oxygen atoms in total. The predicted molar refractivity (Wildman–Crippen MR) is 52.8 cm³/mol. The summed E-state index contributed by atoms with van der Waals surface area (Å²) in [4.78, 5) is 36.9. The van der Waals surface area contributed by atoms with Gasteiger partial charge in [-0.25, -0.2) is 4.79 Å². The van der Waals surface area contributed by atoms with E-state index in [0.717, 1.165) is 0 Å². The monoisotopic (exact) mass is 234 g/mol. The van der Waals surface area contributed by atoms with Crippen LogP contribution in [0.1, 0.15) is 22.0 Å². The first-order chi connectivity index (χ1) is 8.08. The van der Waals surface area contributed by atoms with Crippen LogP contribution in [0.3, 0.4) is 0 Å². The first-order valence-corrected chi connectivity index (χ1v) is 4.84. The van der Waals surface area contributed by atoms with Crippen LogP contribution in [0.4, 0.5) is 4.79 Å². The summed E-state index contributed by atoms with van der Waals surface area (Å²) in [7, 11) is 0. The second-order valence-corrected chi connectivity index (χ2v) is 3.51. The molecular weight excluding hydrogens is 226 g/mol. The lowest BCUT2D eigenvalue weighted by Crippen LogP contribution is -2.51. The van der Waals surface area contributed by atoms with Crippen LogP contribution in [-0.4, -0.2) is 29.4 Å². The first-order valence-electron chi connectivity index (χ1n) is 4.84. The zero-order valence-corrected chi connectivity index (χ0v) is 8.60. The molecule has 1 aliphatic heterocycles. The molecule has 0 aliphatic carbocycles. The van der Waals surface area contributed by atoms with Gasteiger partial charge < -0.3 is 15.2 Å². The number of carbonyl (C=O) groups is 3. The van der Waals surface area contributed by atoms with E-state index in [9.17, 15) is 19.5 Å². The third-order valence-electron chi connectivity index (χ3n) is 2.39. The molecule has 1 aromatic heterocycles. The number of urea groups is 1. The van der Waals surface area contributed by atoms with Gasteiger partial charge in [0.1, 0.15) is 0 Å². The lowest BCUT2D eigenvalue weighted by molar-refractivity contribution is -0.255. The van der Waals surface area contributed by atoms with Gasteiger partial charge in [0, 0.05) is 18.3 Å². The van der Waals surface area contributed by atoms with Gasteiger partial charge in [-0.3, -0.25) is 15.1 Å². The van der Waals surface area contributed by atoms with Crippen LogP contribution in [0.25, 0.3) is 0 Å². The molecule has 2 N–H and O–H groups in total. The van der Waals surface area contributed by atoms with Crippen LogP contribution >= 0.6 is 0 Å². The van der Waals surface area contributed by atoms with Crippen molar-refractivity contribution in [1.82, 2.24) is 15.6 Å². The number of imide groups is 1. The molecule has 1 atom stereocenters. The average Bonchev–Trinajstić information content (AvgIpc) is 2.29. The topological polar surface area (TPSA) is 111 Å². The van der Waals surface area contributed by atoms with Crippen LogP contribution in [-0.2, 0) is 4.79 Å². The average molecular weight is 234 g/mol. The van der Waals surface area contributed by atoms with Crippen molar-refractivity contribution in [3.8, 4) is 0 Å². The van der Waals surface area contributed by atoms with Crippen LogP contribution < -0.4 is 15.7 Å². The highest BCUT2D eigenvalue weighted by Crippen LogP contribution is 2.15. The summed E-state index contributed by atoms with van der Waals surface area (Å²) in [5.41, 5.74) is 0.226. The van der Waals surface area contributed by atoms with E-state index in [1.54, 1.807) is 0 Å². The summed E-state index contributed by atoms with van der Waals surface area (Å²) in [6.07, 6.45) is 1.28. The van der Waals surface area contributed by atoms with E-state index in [1.165, 1.54) is 18.3 Å². The van der Waals surface area contributed by atoms with Crippen molar-refractivity contribution in [2.75, 3.05) is 6.54 Å². The highest BCUT2D eigenvalue weighted by molar-refractivity contribution is 6.00. The molecule has 17 heavy (non-hydrogen) atoms. The number of rotatable bonds is 2. The number of hydrogen-bond donors (Lipinski definition) is 2. The van der Waals surface area contributed by atoms with E-state index < -0.39 is 23.8 Å². The molecule has 1 aromatic rings. The fourth-order valence-corrected chi connectivity index (χ4v) is 1.54. The summed E-state index contributed by atoms with van der Waals surface area (Å²) in [6.45, 7) is 0.0914. The SMILES string of the molecule is O=C1NC[C@H](c2cc(C(=O)[O-])ccn2)C(=O)N1. The molecule has 0 saturated carbocycles. The quantitative estimate of drug-likeness (QED) is 0.638. The number of aromatic carboxylic acids is 1. The fourth-order valence-electron chi connectivity index (χ4n) is 1.54. The number of carbonyl (C=O) groups excluding carboxylic acids is 3. The van der Waals surface area contributed by atoms with Crippen molar-refractivity contribution >= 4 is 17.9 Å². The Kier molecular flexibility index (Phi) is 2.73. The minimum Gasteiger partial charge on any atom is -0.545 e. The zero-order valence-electron chi connectivity index (χ0n) is 8.60. The Hall–Kier alpha value is -2.44. The van der Waals surface area contributed by atoms with Crippen LogP contribution in [0, 0.1) is 0 Å². The summed E-state index contributed by atoms with van der Waals surface area (Å²) in [5.74, 6) is -2.53. The fraction of sp³-hybridized carbons (Fsp3) is 0.200. The van der Waals surface area contributed by atoms with Crippen molar-refractivity contribution in [1.29, 1.82) is 0 Å². The van der Waals surface area contributed by atoms with Gasteiger partial charge in [-0.1, -0.05) is 0 Å². The van der Waals surface area contributed by atoms with Crippen molar-refractivity contribution in [2.24, 2.45) is 0 Å². The first kappa shape index (κ1) is 11.1. The number of nitrogens with zero attached hydrogens (tertiary/aromatic N) is 1. The Balaban J connectivity index is 2.28. The molecule has 0 spiro atoms. The highest BCUT2D eigenvalue weighted by atomic mass is 16.4. The molecule has 7 heteroatoms. The minimum atomic E-state index is -1.34. The molecule has 0 unspecified atom stereocenters. The van der Waals surface area contributed by atoms with Crippen LogP contribution in [0.15, 0.2) is 18.3 Å². The van der Waals surface area contributed by atoms with Gasteiger partial charge in [-0.2, -0.15) is 0 Å². The molecule has 3 amide bonds. The molecule has 1 aliphatic rings. The number of nitrogens with one attached hydrogen (secondary N) is 2. The van der Waals surface area contributed by atoms with Crippen molar-refractivity contribution < 1.29 is 19.5 Å². The van der Waals surface area contributed by atoms with E-state index in [4.69, 9.17) is 0 Å². The Labute approximate surface area is 95.8 Å². The molecule has 2 rings (SSSR count).